The highest BCUT2D eigenvalue weighted by Crippen LogP contribution is 2.28. The molecule has 2 amide bonds. The quantitative estimate of drug-likeness (QED) is 0.104. The summed E-state index contributed by atoms with van der Waals surface area (Å²) in [5.41, 5.74) is -3.80. The van der Waals surface area contributed by atoms with E-state index in [1.54, 1.807) is 0 Å². The average Bonchev–Trinajstić information content (AvgIpc) is 2.86. The Bertz CT molecular complexity index is 2000. The number of benzene rings is 3. The molecule has 0 heterocycles. The summed E-state index contributed by atoms with van der Waals surface area (Å²) in [5.74, 6) is -2.70. The van der Waals surface area contributed by atoms with Crippen molar-refractivity contribution in [2.75, 3.05) is 10.6 Å². The van der Waals surface area contributed by atoms with E-state index < -0.39 is 105 Å². The molecular weight excluding hydrogens is 666 g/mol. The van der Waals surface area contributed by atoms with E-state index in [2.05, 4.69) is 0 Å². The van der Waals surface area contributed by atoms with Crippen LogP contribution in [-0.4, -0.2) is 68.6 Å². The fourth-order valence-corrected chi connectivity index (χ4v) is 5.84. The summed E-state index contributed by atoms with van der Waals surface area (Å²) in [6.07, 6.45) is 0. The molecule has 0 unspecified atom stereocenters. The van der Waals surface area contributed by atoms with Crippen LogP contribution < -0.4 is 10.6 Å². The predicted octanol–water partition coefficient (Wildman–Crippen LogP) is 1.09. The number of anilines is 2. The molecule has 230 valence electrons. The van der Waals surface area contributed by atoms with Crippen LogP contribution in [-0.2, 0) is 40.5 Å². The van der Waals surface area contributed by atoms with Crippen LogP contribution >= 0.6 is 0 Å². The molecule has 43 heavy (non-hydrogen) atoms. The summed E-state index contributed by atoms with van der Waals surface area (Å²) < 4.78 is 130. The molecule has 3 rings (SSSR count). The predicted molar refractivity (Wildman–Crippen MR) is 141 cm³/mol. The maximum absolute atomic E-state index is 12.9. The molecule has 0 saturated heterocycles. The zero-order valence-corrected chi connectivity index (χ0v) is 23.7. The van der Waals surface area contributed by atoms with Crippen molar-refractivity contribution in [2.24, 2.45) is 0 Å². The van der Waals surface area contributed by atoms with Crippen molar-refractivity contribution < 1.29 is 66.4 Å². The average molecular weight is 682 g/mol. The fraction of sp³-hybridized carbons (Fsp3) is 0. The Balaban J connectivity index is 2.07. The van der Waals surface area contributed by atoms with Crippen molar-refractivity contribution in [1.29, 1.82) is 0 Å². The minimum atomic E-state index is -5.24. The lowest BCUT2D eigenvalue weighted by Gasteiger charge is -2.12. The highest BCUT2D eigenvalue weighted by molar-refractivity contribution is 7.87. The molecule has 0 saturated carbocycles. The number of hydrogen-bond donors (Lipinski definition) is 6. The minimum Gasteiger partial charge on any atom is -0.321 e. The number of nitrogens with one attached hydrogen (secondary N) is 2. The molecule has 0 aliphatic rings. The van der Waals surface area contributed by atoms with Crippen LogP contribution in [0.15, 0.2) is 74.2 Å². The van der Waals surface area contributed by atoms with Crippen molar-refractivity contribution in [3.05, 3.63) is 75.8 Å². The molecule has 0 fully saturated rings. The van der Waals surface area contributed by atoms with E-state index in [9.17, 15) is 62.5 Å². The van der Waals surface area contributed by atoms with Gasteiger partial charge in [-0.05, 0) is 42.5 Å². The van der Waals surface area contributed by atoms with E-state index in [1.807, 2.05) is 10.6 Å². The summed E-state index contributed by atoms with van der Waals surface area (Å²) in [6, 6.07) is 5.14. The Labute approximate surface area is 241 Å². The van der Waals surface area contributed by atoms with E-state index in [-0.39, 0.29) is 0 Å². The van der Waals surface area contributed by atoms with Crippen molar-refractivity contribution >= 4 is 69.3 Å². The van der Waals surface area contributed by atoms with Crippen LogP contribution in [0.1, 0.15) is 20.7 Å². The van der Waals surface area contributed by atoms with Crippen molar-refractivity contribution in [2.45, 2.75) is 19.6 Å². The Kier molecular flexibility index (Phi) is 8.77. The molecule has 23 heteroatoms. The second kappa shape index (κ2) is 11.4. The molecule has 19 nitrogen and oxygen atoms in total. The first kappa shape index (κ1) is 33.1. The Morgan fingerprint density at radius 3 is 1.21 bits per heavy atom. The second-order valence-electron chi connectivity index (χ2n) is 8.15. The van der Waals surface area contributed by atoms with Gasteiger partial charge in [0.25, 0.3) is 58.0 Å². The number of carbonyl (C=O) groups excluding carboxylic acids is 2. The van der Waals surface area contributed by atoms with Crippen LogP contribution in [0.4, 0.5) is 17.1 Å². The number of nitro benzene ring substituents is 1. The maximum atomic E-state index is 12.9. The summed E-state index contributed by atoms with van der Waals surface area (Å²) in [4.78, 5) is 31.8. The van der Waals surface area contributed by atoms with Gasteiger partial charge in [0.1, 0.15) is 9.79 Å². The number of amides is 2. The molecule has 0 atom stereocenters. The van der Waals surface area contributed by atoms with Crippen molar-refractivity contribution in [3.63, 3.8) is 0 Å². The Hall–Kier alpha value is -4.36. The molecule has 6 N–H and O–H groups in total. The third kappa shape index (κ3) is 7.93. The lowest BCUT2D eigenvalue weighted by molar-refractivity contribution is -0.384. The van der Waals surface area contributed by atoms with E-state index in [4.69, 9.17) is 9.11 Å². The van der Waals surface area contributed by atoms with Crippen molar-refractivity contribution in [1.82, 2.24) is 0 Å². The highest BCUT2D eigenvalue weighted by atomic mass is 32.2. The van der Waals surface area contributed by atoms with E-state index in [0.717, 1.165) is 0 Å². The molecule has 0 aromatic heterocycles. The Morgan fingerprint density at radius 2 is 0.930 bits per heavy atom. The third-order valence-electron chi connectivity index (χ3n) is 5.21. The van der Waals surface area contributed by atoms with E-state index in [1.165, 1.54) is 0 Å². The van der Waals surface area contributed by atoms with Crippen molar-refractivity contribution in [3.8, 4) is 0 Å². The van der Waals surface area contributed by atoms with E-state index >= 15 is 0 Å². The second-order valence-corrected chi connectivity index (χ2v) is 13.8. The number of nitro groups is 1. The SMILES string of the molecule is O=C(Nc1ccc(S(=O)(=O)O)cc1S(=O)(=O)O)c1cc(C(=O)Nc2ccc(S(=O)(=O)O)cc2S(=O)(=O)O)cc([N+](=O)[O-])c1. The van der Waals surface area contributed by atoms with Gasteiger partial charge < -0.3 is 10.6 Å². The zero-order valence-electron chi connectivity index (χ0n) is 20.5. The van der Waals surface area contributed by atoms with Crippen LogP contribution in [0, 0.1) is 10.1 Å². The lowest BCUT2D eigenvalue weighted by Crippen LogP contribution is -2.18. The van der Waals surface area contributed by atoms with Gasteiger partial charge in [0.15, 0.2) is 0 Å². The first-order valence-corrected chi connectivity index (χ1v) is 16.3. The number of non-ortho nitro benzene ring substituents is 1. The van der Waals surface area contributed by atoms with Crippen LogP contribution in [0.2, 0.25) is 0 Å². The monoisotopic (exact) mass is 681 g/mol. The third-order valence-corrected chi connectivity index (χ3v) is 8.69. The van der Waals surface area contributed by atoms with Gasteiger partial charge in [-0.2, -0.15) is 33.7 Å². The molecule has 0 aliphatic heterocycles. The summed E-state index contributed by atoms with van der Waals surface area (Å²) in [6.45, 7) is 0. The normalized spacial score (nSPS) is 12.4. The van der Waals surface area contributed by atoms with Gasteiger partial charge in [-0.15, -0.1) is 0 Å². The van der Waals surface area contributed by atoms with E-state index in [0.29, 0.717) is 54.6 Å². The van der Waals surface area contributed by atoms with Gasteiger partial charge >= 0.3 is 0 Å². The van der Waals surface area contributed by atoms with Crippen LogP contribution in [0.5, 0.6) is 0 Å². The maximum Gasteiger partial charge on any atom is 0.296 e. The standard InChI is InChI=1S/C20H15N3O16S4/c24-19(21-15-3-1-13(40(28,29)30)8-17(15)42(34,35)36)10-5-11(7-12(6-10)23(26)27)20(25)22-16-4-2-14(41(31,32)33)9-18(16)43(37,38)39/h1-9H,(H,21,24)(H,22,25)(H,28,29,30)(H,31,32,33)(H,34,35,36)(H,37,38,39). The van der Waals surface area contributed by atoms with Crippen LogP contribution in [0.25, 0.3) is 0 Å². The lowest BCUT2D eigenvalue weighted by atomic mass is 10.1. The summed E-state index contributed by atoms with van der Waals surface area (Å²) in [5, 5.41) is 15.3. The highest BCUT2D eigenvalue weighted by Gasteiger charge is 2.25. The zero-order chi connectivity index (χ0) is 32.7. The number of rotatable bonds is 9. The van der Waals surface area contributed by atoms with Gasteiger partial charge in [0, 0.05) is 23.3 Å². The summed E-state index contributed by atoms with van der Waals surface area (Å²) >= 11 is 0. The summed E-state index contributed by atoms with van der Waals surface area (Å²) in [7, 11) is -20.4. The fourth-order valence-electron chi connectivity index (χ4n) is 3.33. The van der Waals surface area contributed by atoms with Gasteiger partial charge in [-0.25, -0.2) is 0 Å². The number of carbonyl (C=O) groups is 2. The molecule has 3 aromatic carbocycles. The van der Waals surface area contributed by atoms with Gasteiger partial charge in [0.05, 0.1) is 26.1 Å². The molecule has 0 bridgehead atoms. The molecule has 0 aliphatic carbocycles. The van der Waals surface area contributed by atoms with Gasteiger partial charge in [0.2, 0.25) is 0 Å². The van der Waals surface area contributed by atoms with Crippen LogP contribution in [0.3, 0.4) is 0 Å². The largest absolute Gasteiger partial charge is 0.321 e. The number of nitrogens with zero attached hydrogens (tertiary/aromatic N) is 1. The molecular formula is C20H15N3O16S4. The topological polar surface area (TPSA) is 319 Å². The number of hydrogen-bond acceptors (Lipinski definition) is 12. The minimum absolute atomic E-state index is 0.298. The van der Waals surface area contributed by atoms with Gasteiger partial charge in [-0.3, -0.25) is 37.9 Å². The first-order chi connectivity index (χ1) is 19.5. The Morgan fingerprint density at radius 1 is 0.581 bits per heavy atom. The molecule has 0 spiro atoms. The smallest absolute Gasteiger partial charge is 0.296 e. The first-order valence-electron chi connectivity index (χ1n) is 10.6. The van der Waals surface area contributed by atoms with Gasteiger partial charge in [-0.1, -0.05) is 0 Å². The molecule has 3 aromatic rings. The molecule has 0 radical (unpaired) electrons.